The first kappa shape index (κ1) is 26.6. The van der Waals surface area contributed by atoms with Gasteiger partial charge in [0.15, 0.2) is 5.96 Å². The molecule has 32 heavy (non-hydrogen) atoms. The molecule has 0 amide bonds. The van der Waals surface area contributed by atoms with Crippen molar-refractivity contribution in [3.63, 3.8) is 0 Å². The Morgan fingerprint density at radius 2 is 1.88 bits per heavy atom. The maximum Gasteiger partial charge on any atom is 0.191 e. The van der Waals surface area contributed by atoms with Crippen molar-refractivity contribution in [3.8, 4) is 0 Å². The van der Waals surface area contributed by atoms with E-state index >= 15 is 0 Å². The summed E-state index contributed by atoms with van der Waals surface area (Å²) in [5.41, 5.74) is 4.74. The van der Waals surface area contributed by atoms with Crippen LogP contribution < -0.4 is 10.6 Å². The zero-order valence-electron chi connectivity index (χ0n) is 19.9. The van der Waals surface area contributed by atoms with Crippen molar-refractivity contribution in [1.82, 2.24) is 25.3 Å². The summed E-state index contributed by atoms with van der Waals surface area (Å²) in [6, 6.07) is 11.2. The van der Waals surface area contributed by atoms with Gasteiger partial charge < -0.3 is 15.4 Å². The monoisotopic (exact) mass is 554 g/mol. The van der Waals surface area contributed by atoms with Gasteiger partial charge in [-0.15, -0.1) is 24.0 Å². The van der Waals surface area contributed by atoms with Crippen molar-refractivity contribution in [2.75, 3.05) is 39.9 Å². The Bertz CT molecular complexity index is 833. The van der Waals surface area contributed by atoms with Crippen LogP contribution in [0.15, 0.2) is 35.3 Å². The van der Waals surface area contributed by atoms with Crippen LogP contribution in [0.2, 0.25) is 0 Å². The molecule has 0 spiro atoms. The molecule has 1 atom stereocenters. The summed E-state index contributed by atoms with van der Waals surface area (Å²) in [6.07, 6.45) is 2.56. The molecule has 7 nitrogen and oxygen atoms in total. The number of hydrogen-bond acceptors (Lipinski definition) is 4. The number of ether oxygens (including phenoxy) is 1. The highest BCUT2D eigenvalue weighted by atomic mass is 127. The molecular formula is C24H39IN6O. The van der Waals surface area contributed by atoms with Crippen LogP contribution in [-0.2, 0) is 17.8 Å². The molecule has 1 aliphatic heterocycles. The second kappa shape index (κ2) is 13.8. The Kier molecular flexibility index (Phi) is 11.5. The fourth-order valence-electron chi connectivity index (χ4n) is 4.24. The number of nitrogens with one attached hydrogen (secondary N) is 2. The Morgan fingerprint density at radius 3 is 2.53 bits per heavy atom. The summed E-state index contributed by atoms with van der Waals surface area (Å²) >= 11 is 0. The minimum Gasteiger partial charge on any atom is -0.383 e. The number of hydrogen-bond donors (Lipinski definition) is 2. The molecule has 2 aromatic rings. The van der Waals surface area contributed by atoms with Gasteiger partial charge >= 0.3 is 0 Å². The number of benzene rings is 1. The van der Waals surface area contributed by atoms with E-state index < -0.39 is 0 Å². The van der Waals surface area contributed by atoms with Gasteiger partial charge in [-0.2, -0.15) is 5.10 Å². The molecule has 3 rings (SSSR count). The molecule has 1 aromatic heterocycles. The molecule has 0 radical (unpaired) electrons. The van der Waals surface area contributed by atoms with Gasteiger partial charge in [0.1, 0.15) is 0 Å². The number of methoxy groups -OCH3 is 1. The molecule has 1 fully saturated rings. The molecule has 0 aliphatic carbocycles. The lowest BCUT2D eigenvalue weighted by atomic mass is 10.1. The molecule has 8 heteroatoms. The van der Waals surface area contributed by atoms with Crippen molar-refractivity contribution in [2.45, 2.75) is 52.7 Å². The fraction of sp³-hybridized carbons (Fsp3) is 0.583. The van der Waals surface area contributed by atoms with Crippen LogP contribution in [-0.4, -0.2) is 60.5 Å². The maximum absolute atomic E-state index is 5.20. The van der Waals surface area contributed by atoms with Gasteiger partial charge in [0.2, 0.25) is 0 Å². The summed E-state index contributed by atoms with van der Waals surface area (Å²) in [6.45, 7) is 12.3. The smallest absolute Gasteiger partial charge is 0.191 e. The topological polar surface area (TPSA) is 66.7 Å². The van der Waals surface area contributed by atoms with E-state index in [1.54, 1.807) is 7.11 Å². The molecule has 1 aliphatic rings. The molecular weight excluding hydrogens is 515 g/mol. The molecule has 1 unspecified atom stereocenters. The predicted molar refractivity (Wildman–Crippen MR) is 142 cm³/mol. The molecule has 1 saturated heterocycles. The Hall–Kier alpha value is -1.65. The second-order valence-corrected chi connectivity index (χ2v) is 8.11. The van der Waals surface area contributed by atoms with E-state index in [0.29, 0.717) is 19.2 Å². The normalized spacial score (nSPS) is 15.4. The largest absolute Gasteiger partial charge is 0.383 e. The van der Waals surface area contributed by atoms with Crippen molar-refractivity contribution < 1.29 is 4.74 Å². The first-order valence-electron chi connectivity index (χ1n) is 11.5. The van der Waals surface area contributed by atoms with Gasteiger partial charge in [-0.3, -0.25) is 9.58 Å². The first-order chi connectivity index (χ1) is 15.1. The van der Waals surface area contributed by atoms with E-state index in [0.717, 1.165) is 50.1 Å². The number of rotatable bonds is 10. The van der Waals surface area contributed by atoms with Gasteiger partial charge in [-0.25, -0.2) is 4.99 Å². The van der Waals surface area contributed by atoms with Crippen LogP contribution in [0.5, 0.6) is 0 Å². The van der Waals surface area contributed by atoms with Gasteiger partial charge in [0.25, 0.3) is 0 Å². The summed E-state index contributed by atoms with van der Waals surface area (Å²) in [4.78, 5) is 7.47. The van der Waals surface area contributed by atoms with Crippen LogP contribution in [0.1, 0.15) is 48.3 Å². The Morgan fingerprint density at radius 1 is 1.16 bits per heavy atom. The van der Waals surface area contributed by atoms with Gasteiger partial charge in [-0.05, 0) is 52.3 Å². The summed E-state index contributed by atoms with van der Waals surface area (Å²) in [5.74, 6) is 0.853. The second-order valence-electron chi connectivity index (χ2n) is 8.11. The highest BCUT2D eigenvalue weighted by Crippen LogP contribution is 2.24. The van der Waals surface area contributed by atoms with E-state index in [-0.39, 0.29) is 24.0 Å². The van der Waals surface area contributed by atoms with E-state index in [1.165, 1.54) is 24.0 Å². The van der Waals surface area contributed by atoms with E-state index in [4.69, 9.17) is 9.73 Å². The SMILES string of the molecule is CCNC(=NCc1c(C)nn(CCOC)c1C)NCC(c1ccccc1)N1CCCC1.I. The zero-order valence-corrected chi connectivity index (χ0v) is 22.3. The first-order valence-corrected chi connectivity index (χ1v) is 11.5. The van der Waals surface area contributed by atoms with Crippen LogP contribution >= 0.6 is 24.0 Å². The quantitative estimate of drug-likeness (QED) is 0.267. The number of nitrogens with zero attached hydrogens (tertiary/aromatic N) is 4. The van der Waals surface area contributed by atoms with Crippen molar-refractivity contribution >= 4 is 29.9 Å². The van der Waals surface area contributed by atoms with E-state index in [1.807, 2.05) is 4.68 Å². The average Bonchev–Trinajstić information content (AvgIpc) is 3.40. The third kappa shape index (κ3) is 7.18. The van der Waals surface area contributed by atoms with Crippen LogP contribution in [0, 0.1) is 13.8 Å². The lowest BCUT2D eigenvalue weighted by Crippen LogP contribution is -2.42. The average molecular weight is 555 g/mol. The maximum atomic E-state index is 5.20. The Labute approximate surface area is 210 Å². The van der Waals surface area contributed by atoms with E-state index in [9.17, 15) is 0 Å². The van der Waals surface area contributed by atoms with E-state index in [2.05, 4.69) is 71.7 Å². The number of guanidine groups is 1. The zero-order chi connectivity index (χ0) is 22.1. The van der Waals surface area contributed by atoms with Crippen molar-refractivity contribution in [3.05, 3.63) is 52.8 Å². The fourth-order valence-corrected chi connectivity index (χ4v) is 4.24. The van der Waals surface area contributed by atoms with Gasteiger partial charge in [-0.1, -0.05) is 30.3 Å². The number of halogens is 1. The minimum absolute atomic E-state index is 0. The number of likely N-dealkylation sites (tertiary alicyclic amines) is 1. The number of aromatic nitrogens is 2. The van der Waals surface area contributed by atoms with Crippen LogP contribution in [0.3, 0.4) is 0 Å². The highest BCUT2D eigenvalue weighted by molar-refractivity contribution is 14.0. The van der Waals surface area contributed by atoms with Crippen LogP contribution in [0.25, 0.3) is 0 Å². The molecule has 0 saturated carbocycles. The lowest BCUT2D eigenvalue weighted by Gasteiger charge is -2.29. The Balaban J connectivity index is 0.00000363. The van der Waals surface area contributed by atoms with Crippen molar-refractivity contribution in [1.29, 1.82) is 0 Å². The van der Waals surface area contributed by atoms with Crippen LogP contribution in [0.4, 0.5) is 0 Å². The van der Waals surface area contributed by atoms with Crippen molar-refractivity contribution in [2.24, 2.45) is 4.99 Å². The third-order valence-electron chi connectivity index (χ3n) is 6.01. The standard InChI is InChI=1S/C24H38N6O.HI/c1-5-25-24(26-17-22-19(2)28-30(20(22)3)15-16-31-4)27-18-23(29-13-9-10-14-29)21-11-7-6-8-12-21;/h6-8,11-12,23H,5,9-10,13-18H2,1-4H3,(H2,25,26,27);1H. The third-order valence-corrected chi connectivity index (χ3v) is 6.01. The summed E-state index contributed by atoms with van der Waals surface area (Å²) < 4.78 is 7.22. The summed E-state index contributed by atoms with van der Waals surface area (Å²) in [7, 11) is 1.72. The minimum atomic E-state index is 0. The molecule has 178 valence electrons. The van der Waals surface area contributed by atoms with Gasteiger partial charge in [0, 0.05) is 31.5 Å². The lowest BCUT2D eigenvalue weighted by molar-refractivity contribution is 0.182. The molecule has 0 bridgehead atoms. The number of aliphatic imine (C=N–C) groups is 1. The number of aryl methyl sites for hydroxylation is 1. The molecule has 2 heterocycles. The van der Waals surface area contributed by atoms with Gasteiger partial charge in [0.05, 0.1) is 31.4 Å². The highest BCUT2D eigenvalue weighted by Gasteiger charge is 2.23. The molecule has 2 N–H and O–H groups in total. The predicted octanol–water partition coefficient (Wildman–Crippen LogP) is 3.66. The molecule has 1 aromatic carbocycles. The summed E-state index contributed by atoms with van der Waals surface area (Å²) in [5, 5.41) is 11.7.